The van der Waals surface area contributed by atoms with Crippen molar-refractivity contribution in [3.8, 4) is 0 Å². The molecule has 0 saturated carbocycles. The molecule has 7 nitrogen and oxygen atoms in total. The van der Waals surface area contributed by atoms with Gasteiger partial charge in [0, 0.05) is 31.0 Å². The molecule has 1 saturated heterocycles. The summed E-state index contributed by atoms with van der Waals surface area (Å²) in [5.74, 6) is 0.362. The third kappa shape index (κ3) is 4.02. The first-order valence-corrected chi connectivity index (χ1v) is 7.68. The van der Waals surface area contributed by atoms with Gasteiger partial charge in [-0.3, -0.25) is 9.78 Å². The van der Waals surface area contributed by atoms with E-state index >= 15 is 0 Å². The van der Waals surface area contributed by atoms with Gasteiger partial charge >= 0.3 is 0 Å². The Hall–Kier alpha value is -2.61. The van der Waals surface area contributed by atoms with E-state index in [0.29, 0.717) is 19.0 Å². The number of halogens is 1. The average molecular weight is 331 g/mol. The van der Waals surface area contributed by atoms with Crippen LogP contribution in [0, 0.1) is 12.7 Å². The summed E-state index contributed by atoms with van der Waals surface area (Å²) in [5, 5.41) is 2.69. The number of carbonyl (C=O) groups is 1. The molecule has 1 aliphatic rings. The van der Waals surface area contributed by atoms with Crippen molar-refractivity contribution in [1.82, 2.24) is 20.3 Å². The zero-order valence-electron chi connectivity index (χ0n) is 13.3. The monoisotopic (exact) mass is 331 g/mol. The fraction of sp³-hybridized carbons (Fsp3) is 0.375. The van der Waals surface area contributed by atoms with Gasteiger partial charge in [-0.25, -0.2) is 14.4 Å². The Morgan fingerprint density at radius 1 is 1.29 bits per heavy atom. The van der Waals surface area contributed by atoms with E-state index in [1.807, 2.05) is 13.0 Å². The number of nitrogens with one attached hydrogen (secondary N) is 1. The number of anilines is 1. The Labute approximate surface area is 138 Å². The fourth-order valence-corrected chi connectivity index (χ4v) is 2.44. The molecule has 0 spiro atoms. The van der Waals surface area contributed by atoms with Crippen LogP contribution < -0.4 is 10.2 Å². The summed E-state index contributed by atoms with van der Waals surface area (Å²) in [6, 6.07) is 3.05. The van der Waals surface area contributed by atoms with Crippen LogP contribution in [0.15, 0.2) is 24.5 Å². The minimum absolute atomic E-state index is 0.161. The van der Waals surface area contributed by atoms with Crippen LogP contribution in [0.1, 0.15) is 21.9 Å². The van der Waals surface area contributed by atoms with Crippen molar-refractivity contribution in [3.63, 3.8) is 0 Å². The first-order chi connectivity index (χ1) is 11.6. The van der Waals surface area contributed by atoms with Gasteiger partial charge in [0.1, 0.15) is 17.5 Å². The zero-order chi connectivity index (χ0) is 16.9. The highest BCUT2D eigenvalue weighted by Gasteiger charge is 2.15. The minimum atomic E-state index is -0.552. The number of amides is 1. The van der Waals surface area contributed by atoms with Crippen LogP contribution in [0.25, 0.3) is 0 Å². The maximum absolute atomic E-state index is 13.1. The SMILES string of the molecule is Cc1cc(N2CCOCC2)nc(CNC(=O)c2cncc(F)c2)n1. The second-order valence-electron chi connectivity index (χ2n) is 5.46. The number of aromatic nitrogens is 3. The summed E-state index contributed by atoms with van der Waals surface area (Å²) in [6.45, 7) is 4.93. The van der Waals surface area contributed by atoms with Crippen LogP contribution in [0.4, 0.5) is 10.2 Å². The van der Waals surface area contributed by atoms with Crippen LogP contribution in [-0.4, -0.2) is 47.2 Å². The number of hydrogen-bond donors (Lipinski definition) is 1. The lowest BCUT2D eigenvalue weighted by Crippen LogP contribution is -2.37. The molecule has 0 radical (unpaired) electrons. The standard InChI is InChI=1S/C16H18FN5O2/c1-11-6-15(22-2-4-24-5-3-22)21-14(20-11)10-19-16(23)12-7-13(17)9-18-8-12/h6-9H,2-5,10H2,1H3,(H,19,23). The maximum Gasteiger partial charge on any atom is 0.253 e. The molecule has 8 heteroatoms. The van der Waals surface area contributed by atoms with E-state index < -0.39 is 11.7 Å². The normalized spacial score (nSPS) is 14.5. The van der Waals surface area contributed by atoms with E-state index in [-0.39, 0.29) is 12.1 Å². The molecule has 2 aromatic heterocycles. The number of nitrogens with zero attached hydrogens (tertiary/aromatic N) is 4. The molecular formula is C16H18FN5O2. The summed E-state index contributed by atoms with van der Waals surface area (Å²) >= 11 is 0. The van der Waals surface area contributed by atoms with Crippen molar-refractivity contribution in [3.05, 3.63) is 47.4 Å². The zero-order valence-corrected chi connectivity index (χ0v) is 13.3. The molecule has 126 valence electrons. The third-order valence-corrected chi connectivity index (χ3v) is 3.60. The van der Waals surface area contributed by atoms with Crippen molar-refractivity contribution in [2.45, 2.75) is 13.5 Å². The van der Waals surface area contributed by atoms with E-state index in [4.69, 9.17) is 4.74 Å². The Morgan fingerprint density at radius 2 is 2.08 bits per heavy atom. The average Bonchev–Trinajstić information content (AvgIpc) is 2.60. The van der Waals surface area contributed by atoms with E-state index in [1.165, 1.54) is 6.20 Å². The third-order valence-electron chi connectivity index (χ3n) is 3.60. The van der Waals surface area contributed by atoms with Crippen molar-refractivity contribution >= 4 is 11.7 Å². The van der Waals surface area contributed by atoms with Crippen molar-refractivity contribution in [2.24, 2.45) is 0 Å². The lowest BCUT2D eigenvalue weighted by atomic mass is 10.2. The summed E-state index contributed by atoms with van der Waals surface area (Å²) < 4.78 is 18.5. The van der Waals surface area contributed by atoms with Gasteiger partial charge < -0.3 is 15.0 Å². The van der Waals surface area contributed by atoms with E-state index in [0.717, 1.165) is 36.9 Å². The quantitative estimate of drug-likeness (QED) is 0.903. The Morgan fingerprint density at radius 3 is 2.83 bits per heavy atom. The number of pyridine rings is 1. The van der Waals surface area contributed by atoms with Gasteiger partial charge in [0.25, 0.3) is 5.91 Å². The van der Waals surface area contributed by atoms with Gasteiger partial charge in [-0.05, 0) is 13.0 Å². The molecular weight excluding hydrogens is 313 g/mol. The van der Waals surface area contributed by atoms with E-state index in [1.54, 1.807) is 0 Å². The maximum atomic E-state index is 13.1. The second kappa shape index (κ2) is 7.31. The molecule has 3 rings (SSSR count). The highest BCUT2D eigenvalue weighted by atomic mass is 19.1. The molecule has 0 atom stereocenters. The molecule has 3 heterocycles. The van der Waals surface area contributed by atoms with E-state index in [2.05, 4.69) is 25.2 Å². The van der Waals surface area contributed by atoms with Crippen molar-refractivity contribution in [1.29, 1.82) is 0 Å². The largest absolute Gasteiger partial charge is 0.378 e. The van der Waals surface area contributed by atoms with Crippen LogP contribution in [0.3, 0.4) is 0 Å². The van der Waals surface area contributed by atoms with Crippen LogP contribution >= 0.6 is 0 Å². The molecule has 0 aliphatic carbocycles. The first kappa shape index (κ1) is 16.3. The summed E-state index contributed by atoms with van der Waals surface area (Å²) in [4.78, 5) is 26.7. The van der Waals surface area contributed by atoms with Crippen LogP contribution in [0.2, 0.25) is 0 Å². The lowest BCUT2D eigenvalue weighted by molar-refractivity contribution is 0.0949. The van der Waals surface area contributed by atoms with Gasteiger partial charge in [-0.1, -0.05) is 0 Å². The van der Waals surface area contributed by atoms with Gasteiger partial charge in [0.15, 0.2) is 0 Å². The number of hydrogen-bond acceptors (Lipinski definition) is 6. The molecule has 2 aromatic rings. The molecule has 0 aromatic carbocycles. The van der Waals surface area contributed by atoms with Crippen molar-refractivity contribution in [2.75, 3.05) is 31.2 Å². The summed E-state index contributed by atoms with van der Waals surface area (Å²) in [5.41, 5.74) is 0.985. The molecule has 0 unspecified atom stereocenters. The fourth-order valence-electron chi connectivity index (χ4n) is 2.44. The number of rotatable bonds is 4. The highest BCUT2D eigenvalue weighted by Crippen LogP contribution is 2.14. The van der Waals surface area contributed by atoms with E-state index in [9.17, 15) is 9.18 Å². The Kier molecular flexibility index (Phi) is 4.95. The van der Waals surface area contributed by atoms with Gasteiger partial charge in [-0.15, -0.1) is 0 Å². The topological polar surface area (TPSA) is 80.2 Å². The molecule has 0 bridgehead atoms. The van der Waals surface area contributed by atoms with Gasteiger partial charge in [0.05, 0.1) is 31.5 Å². The molecule has 1 aliphatic heterocycles. The predicted octanol–water partition coefficient (Wildman–Crippen LogP) is 1.09. The predicted molar refractivity (Wildman–Crippen MR) is 85.2 cm³/mol. The lowest BCUT2D eigenvalue weighted by Gasteiger charge is -2.28. The highest BCUT2D eigenvalue weighted by molar-refractivity contribution is 5.93. The number of carbonyl (C=O) groups excluding carboxylic acids is 1. The number of aryl methyl sites for hydroxylation is 1. The first-order valence-electron chi connectivity index (χ1n) is 7.68. The van der Waals surface area contributed by atoms with Crippen molar-refractivity contribution < 1.29 is 13.9 Å². The van der Waals surface area contributed by atoms with Crippen LogP contribution in [0.5, 0.6) is 0 Å². The summed E-state index contributed by atoms with van der Waals surface area (Å²) in [6.07, 6.45) is 2.36. The van der Waals surface area contributed by atoms with Crippen LogP contribution in [-0.2, 0) is 11.3 Å². The van der Waals surface area contributed by atoms with Gasteiger partial charge in [0.2, 0.25) is 0 Å². The number of ether oxygens (including phenoxy) is 1. The molecule has 24 heavy (non-hydrogen) atoms. The number of morpholine rings is 1. The Bertz CT molecular complexity index is 734. The summed E-state index contributed by atoms with van der Waals surface area (Å²) in [7, 11) is 0. The Balaban J connectivity index is 1.68. The second-order valence-corrected chi connectivity index (χ2v) is 5.46. The smallest absolute Gasteiger partial charge is 0.253 e. The molecule has 1 amide bonds. The molecule has 1 N–H and O–H groups in total. The van der Waals surface area contributed by atoms with Gasteiger partial charge in [-0.2, -0.15) is 0 Å². The molecule has 1 fully saturated rings. The minimum Gasteiger partial charge on any atom is -0.378 e.